The molecule has 2 unspecified atom stereocenters. The number of amides is 2. The second kappa shape index (κ2) is 9.87. The van der Waals surface area contributed by atoms with Gasteiger partial charge in [0.1, 0.15) is 6.61 Å². The van der Waals surface area contributed by atoms with Gasteiger partial charge >= 0.3 is 12.1 Å². The number of carboxylic acid groups (broad SMARTS) is 1. The van der Waals surface area contributed by atoms with Crippen LogP contribution in [0.15, 0.2) is 48.5 Å². The maximum Gasteiger partial charge on any atom is 0.407 e. The molecule has 34 heavy (non-hydrogen) atoms. The number of hydrogen-bond donors (Lipinski definition) is 3. The van der Waals surface area contributed by atoms with Crippen LogP contribution in [-0.2, 0) is 14.3 Å². The van der Waals surface area contributed by atoms with E-state index in [1.54, 1.807) is 6.92 Å². The molecule has 0 heterocycles. The van der Waals surface area contributed by atoms with Crippen molar-refractivity contribution in [2.45, 2.75) is 63.5 Å². The fraction of sp³-hybridized carbons (Fsp3) is 0.444. The zero-order valence-corrected chi connectivity index (χ0v) is 19.7. The van der Waals surface area contributed by atoms with Crippen molar-refractivity contribution in [2.24, 2.45) is 5.92 Å². The van der Waals surface area contributed by atoms with Crippen LogP contribution in [0.5, 0.6) is 0 Å². The summed E-state index contributed by atoms with van der Waals surface area (Å²) in [5.74, 6) is -1.67. The first-order chi connectivity index (χ1) is 16.3. The molecule has 3 atom stereocenters. The topological polar surface area (TPSA) is 105 Å². The molecule has 1 fully saturated rings. The third-order valence-corrected chi connectivity index (χ3v) is 7.13. The van der Waals surface area contributed by atoms with Crippen LogP contribution in [-0.4, -0.2) is 41.3 Å². The van der Waals surface area contributed by atoms with Crippen molar-refractivity contribution in [3.05, 3.63) is 59.7 Å². The summed E-state index contributed by atoms with van der Waals surface area (Å²) in [7, 11) is 0. The molecule has 0 bridgehead atoms. The lowest BCUT2D eigenvalue weighted by molar-refractivity contribution is -0.137. The van der Waals surface area contributed by atoms with Crippen LogP contribution in [0.3, 0.4) is 0 Å². The smallest absolute Gasteiger partial charge is 0.407 e. The first-order valence-electron chi connectivity index (χ1n) is 11.9. The lowest BCUT2D eigenvalue weighted by atomic mass is 9.73. The van der Waals surface area contributed by atoms with Gasteiger partial charge in [0, 0.05) is 12.0 Å². The molecule has 7 nitrogen and oxygen atoms in total. The van der Waals surface area contributed by atoms with Gasteiger partial charge in [0.15, 0.2) is 0 Å². The summed E-state index contributed by atoms with van der Waals surface area (Å²) in [6.45, 7) is 3.76. The molecule has 0 saturated heterocycles. The van der Waals surface area contributed by atoms with E-state index in [0.717, 1.165) is 24.0 Å². The molecule has 0 spiro atoms. The van der Waals surface area contributed by atoms with Crippen LogP contribution >= 0.6 is 0 Å². The van der Waals surface area contributed by atoms with Gasteiger partial charge in [0.25, 0.3) is 0 Å². The van der Waals surface area contributed by atoms with Crippen molar-refractivity contribution in [1.29, 1.82) is 0 Å². The van der Waals surface area contributed by atoms with Crippen molar-refractivity contribution < 1.29 is 24.2 Å². The molecule has 2 aliphatic rings. The number of rotatable bonds is 7. The third-order valence-electron chi connectivity index (χ3n) is 7.13. The largest absolute Gasteiger partial charge is 0.481 e. The molecule has 4 rings (SSSR count). The molecular weight excluding hydrogens is 432 g/mol. The van der Waals surface area contributed by atoms with Crippen molar-refractivity contribution in [3.8, 4) is 11.1 Å². The maximum atomic E-state index is 12.9. The van der Waals surface area contributed by atoms with Crippen LogP contribution in [0.1, 0.15) is 63.0 Å². The fourth-order valence-electron chi connectivity index (χ4n) is 5.43. The minimum atomic E-state index is -0.962. The van der Waals surface area contributed by atoms with Gasteiger partial charge in [-0.05, 0) is 48.9 Å². The predicted molar refractivity (Wildman–Crippen MR) is 128 cm³/mol. The quantitative estimate of drug-likeness (QED) is 0.561. The van der Waals surface area contributed by atoms with Gasteiger partial charge in [-0.1, -0.05) is 61.4 Å². The number of carboxylic acids is 1. The van der Waals surface area contributed by atoms with Gasteiger partial charge in [-0.3, -0.25) is 9.59 Å². The highest BCUT2D eigenvalue weighted by molar-refractivity contribution is 5.82. The molecule has 0 aromatic heterocycles. The number of hydrogen-bond acceptors (Lipinski definition) is 4. The van der Waals surface area contributed by atoms with Gasteiger partial charge in [0.2, 0.25) is 5.91 Å². The molecule has 2 aromatic carbocycles. The highest BCUT2D eigenvalue weighted by atomic mass is 16.5. The van der Waals surface area contributed by atoms with E-state index in [9.17, 15) is 14.4 Å². The lowest BCUT2D eigenvalue weighted by Crippen LogP contribution is -2.58. The van der Waals surface area contributed by atoms with Crippen molar-refractivity contribution in [2.75, 3.05) is 6.61 Å². The predicted octanol–water partition coefficient (Wildman–Crippen LogP) is 4.45. The van der Waals surface area contributed by atoms with Gasteiger partial charge in [-0.2, -0.15) is 0 Å². The maximum absolute atomic E-state index is 12.9. The van der Waals surface area contributed by atoms with Crippen molar-refractivity contribution in [1.82, 2.24) is 10.6 Å². The normalized spacial score (nSPS) is 22.2. The van der Waals surface area contributed by atoms with E-state index in [2.05, 4.69) is 34.9 Å². The Kier molecular flexibility index (Phi) is 6.91. The number of carbonyl (C=O) groups excluding carboxylic acids is 2. The van der Waals surface area contributed by atoms with Gasteiger partial charge in [-0.25, -0.2) is 4.79 Å². The van der Waals surface area contributed by atoms with E-state index >= 15 is 0 Å². The third kappa shape index (κ3) is 4.93. The first-order valence-corrected chi connectivity index (χ1v) is 11.9. The second-order valence-electron chi connectivity index (χ2n) is 9.67. The average Bonchev–Trinajstić information content (AvgIpc) is 3.11. The minimum Gasteiger partial charge on any atom is -0.481 e. The van der Waals surface area contributed by atoms with Crippen LogP contribution in [0, 0.1) is 5.92 Å². The molecule has 7 heteroatoms. The van der Waals surface area contributed by atoms with E-state index in [1.807, 2.05) is 31.2 Å². The Hall–Kier alpha value is -3.35. The molecular formula is C27H32N2O5. The Balaban J connectivity index is 1.41. The number of fused-ring (bicyclic) bond motifs is 3. The minimum absolute atomic E-state index is 0.0340. The van der Waals surface area contributed by atoms with Gasteiger partial charge < -0.3 is 20.5 Å². The van der Waals surface area contributed by atoms with Crippen LogP contribution in [0.2, 0.25) is 0 Å². The Bertz CT molecular complexity index is 1040. The molecule has 180 valence electrons. The highest BCUT2D eigenvalue weighted by Crippen LogP contribution is 2.44. The number of aliphatic carboxylic acids is 1. The molecule has 3 N–H and O–H groups in total. The summed E-state index contributed by atoms with van der Waals surface area (Å²) in [5.41, 5.74) is 3.86. The lowest BCUT2D eigenvalue weighted by Gasteiger charge is -2.41. The molecule has 0 aliphatic heterocycles. The summed E-state index contributed by atoms with van der Waals surface area (Å²) in [5, 5.41) is 14.7. The summed E-state index contributed by atoms with van der Waals surface area (Å²) in [6.07, 6.45) is 2.38. The Morgan fingerprint density at radius 1 is 1.06 bits per heavy atom. The Morgan fingerprint density at radius 3 is 2.29 bits per heavy atom. The van der Waals surface area contributed by atoms with E-state index in [0.29, 0.717) is 12.8 Å². The van der Waals surface area contributed by atoms with E-state index in [4.69, 9.17) is 9.84 Å². The van der Waals surface area contributed by atoms with E-state index < -0.39 is 29.6 Å². The van der Waals surface area contributed by atoms with Crippen molar-refractivity contribution in [3.63, 3.8) is 0 Å². The average molecular weight is 465 g/mol. The summed E-state index contributed by atoms with van der Waals surface area (Å²) in [4.78, 5) is 36.8. The zero-order valence-electron chi connectivity index (χ0n) is 19.7. The number of carbonyl (C=O) groups is 3. The van der Waals surface area contributed by atoms with E-state index in [-0.39, 0.29) is 24.9 Å². The van der Waals surface area contributed by atoms with Crippen LogP contribution < -0.4 is 10.6 Å². The van der Waals surface area contributed by atoms with Crippen molar-refractivity contribution >= 4 is 18.0 Å². The highest BCUT2D eigenvalue weighted by Gasteiger charge is 2.43. The molecule has 2 aliphatic carbocycles. The van der Waals surface area contributed by atoms with Gasteiger partial charge in [0.05, 0.1) is 17.9 Å². The summed E-state index contributed by atoms with van der Waals surface area (Å²) < 4.78 is 5.71. The number of ether oxygens (including phenoxy) is 1. The SMILES string of the molecule is C[C@@H](CC(=O)O)NC(=O)C1CCCCC1(C)NC(=O)OCC1c2ccccc2-c2ccccc21. The first kappa shape index (κ1) is 23.8. The molecule has 2 aromatic rings. The number of nitrogens with one attached hydrogen (secondary N) is 2. The molecule has 0 radical (unpaired) electrons. The Labute approximate surface area is 199 Å². The second-order valence-corrected chi connectivity index (χ2v) is 9.67. The molecule has 2 amide bonds. The zero-order chi connectivity index (χ0) is 24.3. The number of benzene rings is 2. The van der Waals surface area contributed by atoms with Crippen LogP contribution in [0.25, 0.3) is 11.1 Å². The standard InChI is InChI=1S/C27H32N2O5/c1-17(15-24(30)31)28-25(32)23-13-7-8-14-27(23,2)29-26(33)34-16-22-20-11-5-3-9-18(20)19-10-4-6-12-21(19)22/h3-6,9-12,17,22-23H,7-8,13-16H2,1-2H3,(H,28,32)(H,29,33)(H,30,31)/t17-,23?,27?/m0/s1. The summed E-state index contributed by atoms with van der Waals surface area (Å²) >= 11 is 0. The van der Waals surface area contributed by atoms with E-state index in [1.165, 1.54) is 11.1 Å². The number of alkyl carbamates (subject to hydrolysis) is 1. The summed E-state index contributed by atoms with van der Waals surface area (Å²) in [6, 6.07) is 15.9. The van der Waals surface area contributed by atoms with Gasteiger partial charge in [-0.15, -0.1) is 0 Å². The molecule has 1 saturated carbocycles. The van der Waals surface area contributed by atoms with Crippen LogP contribution in [0.4, 0.5) is 4.79 Å². The monoisotopic (exact) mass is 464 g/mol. The fourth-order valence-corrected chi connectivity index (χ4v) is 5.43. The Morgan fingerprint density at radius 2 is 1.68 bits per heavy atom.